The Bertz CT molecular complexity index is 1110. The molecule has 148 valence electrons. The van der Waals surface area contributed by atoms with Gasteiger partial charge in [0.15, 0.2) is 0 Å². The van der Waals surface area contributed by atoms with Crippen LogP contribution in [0.25, 0.3) is 21.0 Å². The number of nitrogens with two attached hydrogens (primary N) is 2. The minimum Gasteiger partial charge on any atom is -0.472 e. The van der Waals surface area contributed by atoms with E-state index in [2.05, 4.69) is 17.2 Å². The molecule has 3 heterocycles. The van der Waals surface area contributed by atoms with Crippen molar-refractivity contribution in [3.63, 3.8) is 0 Å². The third-order valence-corrected chi connectivity index (χ3v) is 6.32. The van der Waals surface area contributed by atoms with Crippen molar-refractivity contribution in [1.29, 1.82) is 0 Å². The molecule has 0 aliphatic rings. The number of hydrogen-bond acceptors (Lipinski definition) is 5. The Hall–Kier alpha value is -3.16. The fourth-order valence-corrected chi connectivity index (χ4v) is 5.10. The van der Waals surface area contributed by atoms with Crippen molar-refractivity contribution in [1.82, 2.24) is 9.78 Å². The van der Waals surface area contributed by atoms with Crippen LogP contribution in [-0.2, 0) is 13.5 Å². The molecule has 3 aromatic heterocycles. The minimum absolute atomic E-state index is 0.0679. The van der Waals surface area contributed by atoms with Gasteiger partial charge in [0.05, 0.1) is 33.5 Å². The maximum Gasteiger partial charge on any atom is 0.250 e. The zero-order valence-corrected chi connectivity index (χ0v) is 16.9. The topological polar surface area (TPSA) is 100 Å². The SMILES string of the molecule is Cn1nccc1-c1sc(-c2ccoc2)c(C(N)=O)c1C(CN)Cc1ccccc1. The molecule has 4 N–H and O–H groups in total. The van der Waals surface area contributed by atoms with Crippen LogP contribution in [0.2, 0.25) is 0 Å². The predicted molar refractivity (Wildman–Crippen MR) is 115 cm³/mol. The molecule has 4 aromatic rings. The van der Waals surface area contributed by atoms with Gasteiger partial charge in [-0.25, -0.2) is 0 Å². The first-order valence-corrected chi connectivity index (χ1v) is 10.1. The summed E-state index contributed by atoms with van der Waals surface area (Å²) in [6.45, 7) is 0.390. The van der Waals surface area contributed by atoms with Gasteiger partial charge < -0.3 is 15.9 Å². The van der Waals surface area contributed by atoms with Gasteiger partial charge in [-0.2, -0.15) is 5.10 Å². The van der Waals surface area contributed by atoms with Crippen molar-refractivity contribution in [3.8, 4) is 21.0 Å². The highest BCUT2D eigenvalue weighted by molar-refractivity contribution is 7.19. The summed E-state index contributed by atoms with van der Waals surface area (Å²) < 4.78 is 7.06. The van der Waals surface area contributed by atoms with Crippen molar-refractivity contribution in [2.45, 2.75) is 12.3 Å². The smallest absolute Gasteiger partial charge is 0.250 e. The Morgan fingerprint density at radius 3 is 2.59 bits per heavy atom. The van der Waals surface area contributed by atoms with Crippen LogP contribution in [0.4, 0.5) is 0 Å². The van der Waals surface area contributed by atoms with E-state index in [1.807, 2.05) is 37.4 Å². The van der Waals surface area contributed by atoms with Crippen LogP contribution >= 0.6 is 11.3 Å². The number of benzene rings is 1. The molecule has 6 nitrogen and oxygen atoms in total. The van der Waals surface area contributed by atoms with E-state index < -0.39 is 5.91 Å². The number of furan rings is 1. The number of aryl methyl sites for hydroxylation is 1. The van der Waals surface area contributed by atoms with E-state index in [0.717, 1.165) is 32.1 Å². The maximum absolute atomic E-state index is 12.6. The molecule has 0 radical (unpaired) electrons. The highest BCUT2D eigenvalue weighted by Crippen LogP contribution is 2.45. The first-order chi connectivity index (χ1) is 14.1. The number of rotatable bonds is 7. The maximum atomic E-state index is 12.6. The molecule has 0 aliphatic heterocycles. The summed E-state index contributed by atoms with van der Waals surface area (Å²) in [5.41, 5.74) is 16.4. The molecule has 29 heavy (non-hydrogen) atoms. The third-order valence-electron chi connectivity index (χ3n) is 5.05. The second-order valence-corrected chi connectivity index (χ2v) is 7.91. The van der Waals surface area contributed by atoms with Crippen LogP contribution in [0.5, 0.6) is 0 Å². The van der Waals surface area contributed by atoms with Gasteiger partial charge in [0.2, 0.25) is 0 Å². The first kappa shape index (κ1) is 19.2. The second kappa shape index (κ2) is 8.06. The van der Waals surface area contributed by atoms with Gasteiger partial charge in [0.25, 0.3) is 5.91 Å². The quantitative estimate of drug-likeness (QED) is 0.488. The van der Waals surface area contributed by atoms with Crippen molar-refractivity contribution in [2.24, 2.45) is 18.5 Å². The highest BCUT2D eigenvalue weighted by atomic mass is 32.1. The largest absolute Gasteiger partial charge is 0.472 e. The number of hydrogen-bond donors (Lipinski definition) is 2. The Labute approximate surface area is 172 Å². The third kappa shape index (κ3) is 3.62. The van der Waals surface area contributed by atoms with Crippen LogP contribution in [0.3, 0.4) is 0 Å². The number of carbonyl (C=O) groups excluding carboxylic acids is 1. The Morgan fingerprint density at radius 2 is 2.00 bits per heavy atom. The van der Waals surface area contributed by atoms with Gasteiger partial charge in [-0.3, -0.25) is 9.48 Å². The molecule has 0 bridgehead atoms. The molecule has 0 saturated heterocycles. The number of carbonyl (C=O) groups is 1. The number of nitrogens with zero attached hydrogens (tertiary/aromatic N) is 2. The molecule has 4 rings (SSSR count). The highest BCUT2D eigenvalue weighted by Gasteiger charge is 2.30. The lowest BCUT2D eigenvalue weighted by molar-refractivity contribution is 0.1000. The standard InChI is InChI=1S/C22H22N4O2S/c1-26-17(7-9-25-26)21-18(16(12-23)11-14-5-3-2-4-6-14)19(22(24)27)20(29-21)15-8-10-28-13-15/h2-10,13,16H,11-12,23H2,1H3,(H2,24,27). The summed E-state index contributed by atoms with van der Waals surface area (Å²) in [7, 11) is 1.88. The monoisotopic (exact) mass is 406 g/mol. The second-order valence-electron chi connectivity index (χ2n) is 6.89. The van der Waals surface area contributed by atoms with Crippen LogP contribution in [0.1, 0.15) is 27.4 Å². The molecule has 0 fully saturated rings. The zero-order valence-electron chi connectivity index (χ0n) is 16.0. The van der Waals surface area contributed by atoms with Crippen molar-refractivity contribution < 1.29 is 9.21 Å². The Morgan fingerprint density at radius 1 is 1.21 bits per heavy atom. The summed E-state index contributed by atoms with van der Waals surface area (Å²) in [6.07, 6.45) is 5.68. The number of amides is 1. The number of aromatic nitrogens is 2. The molecule has 0 saturated carbocycles. The Balaban J connectivity index is 1.94. The zero-order chi connectivity index (χ0) is 20.4. The number of thiophene rings is 1. The van der Waals surface area contributed by atoms with Gasteiger partial charge >= 0.3 is 0 Å². The van der Waals surface area contributed by atoms with E-state index in [9.17, 15) is 4.79 Å². The van der Waals surface area contributed by atoms with Gasteiger partial charge in [0.1, 0.15) is 0 Å². The molecular formula is C22H22N4O2S. The fraction of sp³-hybridized carbons (Fsp3) is 0.182. The van der Waals surface area contributed by atoms with Crippen LogP contribution < -0.4 is 11.5 Å². The lowest BCUT2D eigenvalue weighted by atomic mass is 9.87. The molecule has 1 unspecified atom stereocenters. The van der Waals surface area contributed by atoms with Gasteiger partial charge in [-0.1, -0.05) is 30.3 Å². The van der Waals surface area contributed by atoms with E-state index in [0.29, 0.717) is 18.5 Å². The van der Waals surface area contributed by atoms with Gasteiger partial charge in [-0.05, 0) is 36.2 Å². The van der Waals surface area contributed by atoms with E-state index in [-0.39, 0.29) is 5.92 Å². The normalized spacial score (nSPS) is 12.2. The molecule has 0 spiro atoms. The lowest BCUT2D eigenvalue weighted by Crippen LogP contribution is -2.21. The molecule has 1 aromatic carbocycles. The average Bonchev–Trinajstić information content (AvgIpc) is 3.45. The minimum atomic E-state index is -0.465. The van der Waals surface area contributed by atoms with Gasteiger partial charge in [-0.15, -0.1) is 11.3 Å². The molecule has 0 aliphatic carbocycles. The van der Waals surface area contributed by atoms with E-state index >= 15 is 0 Å². The molecular weight excluding hydrogens is 384 g/mol. The summed E-state index contributed by atoms with van der Waals surface area (Å²) in [5, 5.41) is 4.31. The summed E-state index contributed by atoms with van der Waals surface area (Å²) in [5.74, 6) is -0.533. The summed E-state index contributed by atoms with van der Waals surface area (Å²) >= 11 is 1.52. The van der Waals surface area contributed by atoms with E-state index in [1.54, 1.807) is 23.4 Å². The molecule has 7 heteroatoms. The van der Waals surface area contributed by atoms with Crippen LogP contribution in [0, 0.1) is 0 Å². The lowest BCUT2D eigenvalue weighted by Gasteiger charge is -2.18. The average molecular weight is 407 g/mol. The van der Waals surface area contributed by atoms with Gasteiger partial charge in [0, 0.05) is 24.7 Å². The van der Waals surface area contributed by atoms with Crippen LogP contribution in [0.15, 0.2) is 65.6 Å². The van der Waals surface area contributed by atoms with Crippen molar-refractivity contribution >= 4 is 17.2 Å². The van der Waals surface area contributed by atoms with E-state index in [4.69, 9.17) is 15.9 Å². The predicted octanol–water partition coefficient (Wildman–Crippen LogP) is 3.79. The van der Waals surface area contributed by atoms with Crippen molar-refractivity contribution in [3.05, 3.63) is 77.9 Å². The molecule has 1 atom stereocenters. The van der Waals surface area contributed by atoms with Crippen LogP contribution in [-0.4, -0.2) is 22.2 Å². The van der Waals surface area contributed by atoms with E-state index in [1.165, 1.54) is 11.3 Å². The Kier molecular flexibility index (Phi) is 5.33. The fourth-order valence-electron chi connectivity index (χ4n) is 3.66. The van der Waals surface area contributed by atoms with Crippen molar-refractivity contribution in [2.75, 3.05) is 6.54 Å². The number of primary amides is 1. The molecule has 1 amide bonds. The first-order valence-electron chi connectivity index (χ1n) is 9.31. The summed E-state index contributed by atoms with van der Waals surface area (Å²) in [6, 6.07) is 13.9. The summed E-state index contributed by atoms with van der Waals surface area (Å²) in [4.78, 5) is 14.4.